The fraction of sp³-hybridized carbons (Fsp3) is 0.500. The Morgan fingerprint density at radius 2 is 2.11 bits per heavy atom. The lowest BCUT2D eigenvalue weighted by molar-refractivity contribution is -0.135. The fourth-order valence-corrected chi connectivity index (χ4v) is 1.77. The van der Waals surface area contributed by atoms with Crippen molar-refractivity contribution in [2.75, 3.05) is 6.61 Å². The van der Waals surface area contributed by atoms with E-state index in [9.17, 15) is 4.79 Å². The van der Waals surface area contributed by atoms with Crippen LogP contribution >= 0.6 is 0 Å². The Morgan fingerprint density at radius 3 is 2.78 bits per heavy atom. The van der Waals surface area contributed by atoms with Gasteiger partial charge >= 0.3 is 5.97 Å². The number of carbonyl (C=O) groups is 1. The van der Waals surface area contributed by atoms with Gasteiger partial charge in [0.1, 0.15) is 0 Å². The minimum atomic E-state index is -0.268. The van der Waals surface area contributed by atoms with Crippen molar-refractivity contribution in [3.63, 3.8) is 0 Å². The number of rotatable bonds is 4. The van der Waals surface area contributed by atoms with Gasteiger partial charge in [0.05, 0.1) is 6.61 Å². The summed E-state index contributed by atoms with van der Waals surface area (Å²) in [5.41, 5.74) is 0. The highest BCUT2D eigenvalue weighted by atomic mass is 16.7. The standard InChI is InChI=1S/C14H18O4/c1-2-13(15)17-11-7-3-4-8-12(11)18-14-9-5-6-10-16-14/h3-4,7-8,14H,2,5-6,9-10H2,1H3. The normalized spacial score (nSPS) is 19.3. The van der Waals surface area contributed by atoms with E-state index in [2.05, 4.69) is 0 Å². The highest BCUT2D eigenvalue weighted by molar-refractivity contribution is 5.72. The smallest absolute Gasteiger partial charge is 0.311 e. The minimum Gasteiger partial charge on any atom is -0.461 e. The lowest BCUT2D eigenvalue weighted by atomic mass is 10.2. The first-order valence-electron chi connectivity index (χ1n) is 6.37. The predicted octanol–water partition coefficient (Wildman–Crippen LogP) is 2.91. The number of hydrogen-bond acceptors (Lipinski definition) is 4. The molecule has 0 aliphatic carbocycles. The first-order valence-corrected chi connectivity index (χ1v) is 6.37. The Balaban J connectivity index is 2.04. The van der Waals surface area contributed by atoms with Gasteiger partial charge in [0.25, 0.3) is 0 Å². The molecule has 1 aromatic carbocycles. The molecule has 1 aromatic rings. The highest BCUT2D eigenvalue weighted by Crippen LogP contribution is 2.29. The van der Waals surface area contributed by atoms with Gasteiger partial charge in [0.2, 0.25) is 0 Å². The van der Waals surface area contributed by atoms with Crippen molar-refractivity contribution in [1.82, 2.24) is 0 Å². The van der Waals surface area contributed by atoms with Gasteiger partial charge < -0.3 is 14.2 Å². The van der Waals surface area contributed by atoms with E-state index in [-0.39, 0.29) is 12.3 Å². The molecule has 1 saturated heterocycles. The number of esters is 1. The molecule has 0 N–H and O–H groups in total. The van der Waals surface area contributed by atoms with Crippen LogP contribution in [0.3, 0.4) is 0 Å². The number of hydrogen-bond donors (Lipinski definition) is 0. The summed E-state index contributed by atoms with van der Waals surface area (Å²) in [5, 5.41) is 0. The van der Waals surface area contributed by atoms with Gasteiger partial charge in [-0.25, -0.2) is 0 Å². The van der Waals surface area contributed by atoms with E-state index in [0.29, 0.717) is 17.9 Å². The molecule has 4 nitrogen and oxygen atoms in total. The molecular formula is C14H18O4. The SMILES string of the molecule is CCC(=O)Oc1ccccc1OC1CCCCO1. The summed E-state index contributed by atoms with van der Waals surface area (Å²) in [6.07, 6.45) is 3.15. The van der Waals surface area contributed by atoms with Crippen molar-refractivity contribution in [3.05, 3.63) is 24.3 Å². The van der Waals surface area contributed by atoms with Gasteiger partial charge in [-0.05, 0) is 25.0 Å². The number of benzene rings is 1. The number of para-hydroxylation sites is 2. The second-order valence-electron chi connectivity index (χ2n) is 4.19. The lowest BCUT2D eigenvalue weighted by Gasteiger charge is -2.24. The maximum Gasteiger partial charge on any atom is 0.311 e. The Labute approximate surface area is 107 Å². The molecule has 1 aliphatic rings. The molecule has 1 aliphatic heterocycles. The van der Waals surface area contributed by atoms with E-state index >= 15 is 0 Å². The topological polar surface area (TPSA) is 44.8 Å². The van der Waals surface area contributed by atoms with Crippen LogP contribution in [0.2, 0.25) is 0 Å². The molecule has 1 unspecified atom stereocenters. The van der Waals surface area contributed by atoms with E-state index in [1.165, 1.54) is 0 Å². The lowest BCUT2D eigenvalue weighted by Crippen LogP contribution is -2.25. The van der Waals surface area contributed by atoms with Crippen molar-refractivity contribution in [1.29, 1.82) is 0 Å². The summed E-state index contributed by atoms with van der Waals surface area (Å²) >= 11 is 0. The zero-order valence-corrected chi connectivity index (χ0v) is 10.6. The Hall–Kier alpha value is -1.55. The largest absolute Gasteiger partial charge is 0.461 e. The average molecular weight is 250 g/mol. The molecule has 0 spiro atoms. The molecule has 1 heterocycles. The Kier molecular flexibility index (Phi) is 4.59. The fourth-order valence-electron chi connectivity index (χ4n) is 1.77. The van der Waals surface area contributed by atoms with Crippen LogP contribution in [0.4, 0.5) is 0 Å². The number of carbonyl (C=O) groups excluding carboxylic acids is 1. The molecule has 0 aromatic heterocycles. The van der Waals surface area contributed by atoms with E-state index in [4.69, 9.17) is 14.2 Å². The van der Waals surface area contributed by atoms with Crippen molar-refractivity contribution in [2.45, 2.75) is 38.9 Å². The second-order valence-corrected chi connectivity index (χ2v) is 4.19. The minimum absolute atomic E-state index is 0.236. The molecule has 18 heavy (non-hydrogen) atoms. The Morgan fingerprint density at radius 1 is 1.33 bits per heavy atom. The van der Waals surface area contributed by atoms with Gasteiger partial charge in [-0.3, -0.25) is 4.79 Å². The molecular weight excluding hydrogens is 232 g/mol. The summed E-state index contributed by atoms with van der Waals surface area (Å²) in [5.74, 6) is 0.750. The third-order valence-corrected chi connectivity index (χ3v) is 2.76. The van der Waals surface area contributed by atoms with Crippen LogP contribution in [0, 0.1) is 0 Å². The molecule has 0 radical (unpaired) electrons. The zero-order chi connectivity index (χ0) is 12.8. The average Bonchev–Trinajstić information content (AvgIpc) is 2.42. The van der Waals surface area contributed by atoms with E-state index in [1.54, 1.807) is 19.1 Å². The molecule has 2 rings (SSSR count). The second kappa shape index (κ2) is 6.40. The summed E-state index contributed by atoms with van der Waals surface area (Å²) < 4.78 is 16.5. The quantitative estimate of drug-likeness (QED) is 0.609. The monoisotopic (exact) mass is 250 g/mol. The first kappa shape index (κ1) is 12.9. The summed E-state index contributed by atoms with van der Waals surface area (Å²) in [7, 11) is 0. The molecule has 0 bridgehead atoms. The predicted molar refractivity (Wildman–Crippen MR) is 66.6 cm³/mol. The van der Waals surface area contributed by atoms with Crippen LogP contribution in [-0.2, 0) is 9.53 Å². The summed E-state index contributed by atoms with van der Waals surface area (Å²) in [4.78, 5) is 11.3. The van der Waals surface area contributed by atoms with Crippen molar-refractivity contribution < 1.29 is 19.0 Å². The van der Waals surface area contributed by atoms with Crippen LogP contribution in [0.25, 0.3) is 0 Å². The zero-order valence-electron chi connectivity index (χ0n) is 10.6. The third kappa shape index (κ3) is 3.47. The van der Waals surface area contributed by atoms with Crippen molar-refractivity contribution >= 4 is 5.97 Å². The Bertz CT molecular complexity index is 397. The molecule has 1 fully saturated rings. The van der Waals surface area contributed by atoms with Crippen LogP contribution in [0.1, 0.15) is 32.6 Å². The van der Waals surface area contributed by atoms with Gasteiger partial charge in [0, 0.05) is 12.8 Å². The summed E-state index contributed by atoms with van der Waals surface area (Å²) in [6.45, 7) is 2.48. The third-order valence-electron chi connectivity index (χ3n) is 2.76. The molecule has 98 valence electrons. The molecule has 4 heteroatoms. The van der Waals surface area contributed by atoms with Gasteiger partial charge in [-0.15, -0.1) is 0 Å². The van der Waals surface area contributed by atoms with Crippen molar-refractivity contribution in [2.24, 2.45) is 0 Å². The van der Waals surface area contributed by atoms with Gasteiger partial charge in [-0.2, -0.15) is 0 Å². The van der Waals surface area contributed by atoms with Crippen LogP contribution in [-0.4, -0.2) is 18.9 Å². The maximum absolute atomic E-state index is 11.3. The van der Waals surface area contributed by atoms with Crippen molar-refractivity contribution in [3.8, 4) is 11.5 Å². The molecule has 0 saturated carbocycles. The van der Waals surface area contributed by atoms with E-state index in [1.807, 2.05) is 12.1 Å². The molecule has 0 amide bonds. The molecule has 1 atom stereocenters. The van der Waals surface area contributed by atoms with Crippen LogP contribution in [0.5, 0.6) is 11.5 Å². The van der Waals surface area contributed by atoms with Gasteiger partial charge in [0.15, 0.2) is 17.8 Å². The first-order chi connectivity index (χ1) is 8.79. The van der Waals surface area contributed by atoms with Crippen LogP contribution < -0.4 is 9.47 Å². The van der Waals surface area contributed by atoms with E-state index in [0.717, 1.165) is 25.9 Å². The highest BCUT2D eigenvalue weighted by Gasteiger charge is 2.17. The van der Waals surface area contributed by atoms with E-state index < -0.39 is 0 Å². The summed E-state index contributed by atoms with van der Waals surface area (Å²) in [6, 6.07) is 7.18. The maximum atomic E-state index is 11.3. The van der Waals surface area contributed by atoms with Crippen LogP contribution in [0.15, 0.2) is 24.3 Å². The number of ether oxygens (including phenoxy) is 3. The van der Waals surface area contributed by atoms with Gasteiger partial charge in [-0.1, -0.05) is 19.1 Å².